The standard InChI is InChI=1S/C14H18ClN5/c1-16-14(8-3-2-4-9-14)13-17-18-19-20(13)12-7-5-6-11(15)10-12/h5-7,10,16H,2-4,8-9H2,1H3. The fraction of sp³-hybridized carbons (Fsp3) is 0.500. The van der Waals surface area contributed by atoms with Gasteiger partial charge in [0.25, 0.3) is 0 Å². The molecule has 1 aromatic carbocycles. The molecule has 6 heteroatoms. The summed E-state index contributed by atoms with van der Waals surface area (Å²) < 4.78 is 1.80. The number of halogens is 1. The summed E-state index contributed by atoms with van der Waals surface area (Å²) in [6.45, 7) is 0. The van der Waals surface area contributed by atoms with Gasteiger partial charge in [-0.05, 0) is 48.5 Å². The molecular formula is C14H18ClN5. The third-order valence-corrected chi connectivity index (χ3v) is 4.37. The highest BCUT2D eigenvalue weighted by Gasteiger charge is 2.37. The van der Waals surface area contributed by atoms with Crippen molar-refractivity contribution in [3.63, 3.8) is 0 Å². The van der Waals surface area contributed by atoms with Gasteiger partial charge in [-0.15, -0.1) is 5.10 Å². The zero-order valence-corrected chi connectivity index (χ0v) is 12.3. The largest absolute Gasteiger partial charge is 0.308 e. The van der Waals surface area contributed by atoms with Gasteiger partial charge in [0.05, 0.1) is 11.2 Å². The fourth-order valence-electron chi connectivity index (χ4n) is 3.01. The van der Waals surface area contributed by atoms with Gasteiger partial charge in [0.1, 0.15) is 0 Å². The van der Waals surface area contributed by atoms with Crippen molar-refractivity contribution in [3.05, 3.63) is 35.1 Å². The molecule has 1 heterocycles. The van der Waals surface area contributed by atoms with E-state index in [1.165, 1.54) is 19.3 Å². The second kappa shape index (κ2) is 5.50. The molecule has 0 radical (unpaired) electrons. The first-order valence-electron chi connectivity index (χ1n) is 6.99. The van der Waals surface area contributed by atoms with Crippen LogP contribution >= 0.6 is 11.6 Å². The second-order valence-electron chi connectivity index (χ2n) is 5.29. The van der Waals surface area contributed by atoms with Crippen molar-refractivity contribution >= 4 is 11.6 Å². The van der Waals surface area contributed by atoms with Crippen molar-refractivity contribution in [1.29, 1.82) is 0 Å². The first kappa shape index (κ1) is 13.5. The highest BCUT2D eigenvalue weighted by atomic mass is 35.5. The molecule has 1 fully saturated rings. The van der Waals surface area contributed by atoms with E-state index in [9.17, 15) is 0 Å². The van der Waals surface area contributed by atoms with Crippen molar-refractivity contribution in [2.75, 3.05) is 7.05 Å². The number of tetrazole rings is 1. The van der Waals surface area contributed by atoms with E-state index in [0.717, 1.165) is 24.4 Å². The highest BCUT2D eigenvalue weighted by molar-refractivity contribution is 6.30. The van der Waals surface area contributed by atoms with E-state index < -0.39 is 0 Å². The van der Waals surface area contributed by atoms with Gasteiger partial charge in [-0.25, -0.2) is 0 Å². The molecule has 0 aliphatic heterocycles. The van der Waals surface area contributed by atoms with Crippen molar-refractivity contribution in [3.8, 4) is 5.69 Å². The van der Waals surface area contributed by atoms with Crippen LogP contribution in [-0.2, 0) is 5.54 Å². The average molecular weight is 292 g/mol. The molecule has 0 bridgehead atoms. The summed E-state index contributed by atoms with van der Waals surface area (Å²) in [6.07, 6.45) is 5.80. The second-order valence-corrected chi connectivity index (χ2v) is 5.72. The lowest BCUT2D eigenvalue weighted by Gasteiger charge is -2.35. The molecule has 0 unspecified atom stereocenters. The van der Waals surface area contributed by atoms with Crippen LogP contribution in [0.4, 0.5) is 0 Å². The molecule has 106 valence electrons. The van der Waals surface area contributed by atoms with Crippen LogP contribution in [0.15, 0.2) is 24.3 Å². The van der Waals surface area contributed by atoms with Gasteiger partial charge in [0.2, 0.25) is 0 Å². The monoisotopic (exact) mass is 291 g/mol. The van der Waals surface area contributed by atoms with Crippen LogP contribution in [0.1, 0.15) is 37.9 Å². The Morgan fingerprint density at radius 1 is 1.25 bits per heavy atom. The molecule has 0 saturated heterocycles. The molecule has 0 spiro atoms. The normalized spacial score (nSPS) is 18.1. The molecule has 1 N–H and O–H groups in total. The first-order valence-corrected chi connectivity index (χ1v) is 7.37. The van der Waals surface area contributed by atoms with E-state index in [-0.39, 0.29) is 5.54 Å². The fourth-order valence-corrected chi connectivity index (χ4v) is 3.19. The lowest BCUT2D eigenvalue weighted by Crippen LogP contribution is -2.44. The third kappa shape index (κ3) is 2.31. The van der Waals surface area contributed by atoms with E-state index >= 15 is 0 Å². The van der Waals surface area contributed by atoms with Gasteiger partial charge in [-0.1, -0.05) is 36.9 Å². The van der Waals surface area contributed by atoms with Crippen molar-refractivity contribution in [2.45, 2.75) is 37.6 Å². The molecule has 1 aliphatic rings. The predicted octanol–water partition coefficient (Wildman–Crippen LogP) is 2.69. The molecule has 1 saturated carbocycles. The quantitative estimate of drug-likeness (QED) is 0.945. The molecule has 2 aromatic rings. The zero-order chi connectivity index (χ0) is 14.0. The molecule has 0 atom stereocenters. The van der Waals surface area contributed by atoms with Gasteiger partial charge in [-0.3, -0.25) is 0 Å². The molecule has 20 heavy (non-hydrogen) atoms. The Hall–Kier alpha value is -1.46. The summed E-state index contributed by atoms with van der Waals surface area (Å²) in [7, 11) is 1.99. The van der Waals surface area contributed by atoms with Crippen LogP contribution in [0.3, 0.4) is 0 Å². The molecule has 5 nitrogen and oxygen atoms in total. The Balaban J connectivity index is 2.05. The Morgan fingerprint density at radius 3 is 2.75 bits per heavy atom. The summed E-state index contributed by atoms with van der Waals surface area (Å²) in [5.41, 5.74) is 0.766. The van der Waals surface area contributed by atoms with Gasteiger partial charge >= 0.3 is 0 Å². The number of hydrogen-bond donors (Lipinski definition) is 1. The maximum atomic E-state index is 6.07. The van der Waals surface area contributed by atoms with Crippen molar-refractivity contribution < 1.29 is 0 Å². The lowest BCUT2D eigenvalue weighted by atomic mass is 9.81. The number of aromatic nitrogens is 4. The SMILES string of the molecule is CNC1(c2nnnn2-c2cccc(Cl)c2)CCCCC1. The molecule has 1 aliphatic carbocycles. The summed E-state index contributed by atoms with van der Waals surface area (Å²) in [5.74, 6) is 0.877. The van der Waals surface area contributed by atoms with Crippen LogP contribution in [0.2, 0.25) is 5.02 Å². The van der Waals surface area contributed by atoms with Gasteiger partial charge in [-0.2, -0.15) is 4.68 Å². The molecule has 3 rings (SSSR count). The topological polar surface area (TPSA) is 55.6 Å². The minimum atomic E-state index is -0.135. The maximum Gasteiger partial charge on any atom is 0.176 e. The van der Waals surface area contributed by atoms with Crippen LogP contribution in [0, 0.1) is 0 Å². The van der Waals surface area contributed by atoms with E-state index in [1.807, 2.05) is 31.3 Å². The highest BCUT2D eigenvalue weighted by Crippen LogP contribution is 2.36. The van der Waals surface area contributed by atoms with Crippen LogP contribution < -0.4 is 5.32 Å². The Kier molecular flexibility index (Phi) is 3.72. The van der Waals surface area contributed by atoms with Gasteiger partial charge in [0, 0.05) is 5.02 Å². The van der Waals surface area contributed by atoms with Crippen LogP contribution in [0.5, 0.6) is 0 Å². The maximum absolute atomic E-state index is 6.07. The van der Waals surface area contributed by atoms with E-state index in [1.54, 1.807) is 4.68 Å². The van der Waals surface area contributed by atoms with Crippen molar-refractivity contribution in [2.24, 2.45) is 0 Å². The number of nitrogens with zero attached hydrogens (tertiary/aromatic N) is 4. The Morgan fingerprint density at radius 2 is 2.05 bits per heavy atom. The first-order chi connectivity index (χ1) is 9.75. The van der Waals surface area contributed by atoms with Crippen molar-refractivity contribution in [1.82, 2.24) is 25.5 Å². The molecule has 1 aromatic heterocycles. The minimum absolute atomic E-state index is 0.135. The minimum Gasteiger partial charge on any atom is -0.308 e. The summed E-state index contributed by atoms with van der Waals surface area (Å²) in [6, 6.07) is 7.62. The summed E-state index contributed by atoms with van der Waals surface area (Å²) in [5, 5.41) is 16.4. The molecule has 0 amide bonds. The average Bonchev–Trinajstić information content (AvgIpc) is 2.98. The van der Waals surface area contributed by atoms with Gasteiger partial charge in [0.15, 0.2) is 5.82 Å². The van der Waals surface area contributed by atoms with E-state index in [4.69, 9.17) is 11.6 Å². The van der Waals surface area contributed by atoms with Crippen LogP contribution in [-0.4, -0.2) is 27.3 Å². The van der Waals surface area contributed by atoms with E-state index in [2.05, 4.69) is 20.8 Å². The number of benzene rings is 1. The number of hydrogen-bond acceptors (Lipinski definition) is 4. The third-order valence-electron chi connectivity index (χ3n) is 4.14. The smallest absolute Gasteiger partial charge is 0.176 e. The number of nitrogens with one attached hydrogen (secondary N) is 1. The van der Waals surface area contributed by atoms with Crippen LogP contribution in [0.25, 0.3) is 5.69 Å². The lowest BCUT2D eigenvalue weighted by molar-refractivity contribution is 0.232. The molecular weight excluding hydrogens is 274 g/mol. The Bertz CT molecular complexity index is 589. The number of rotatable bonds is 3. The van der Waals surface area contributed by atoms with Gasteiger partial charge < -0.3 is 5.32 Å². The summed E-state index contributed by atoms with van der Waals surface area (Å²) in [4.78, 5) is 0. The Labute approximate surface area is 123 Å². The van der Waals surface area contributed by atoms with E-state index in [0.29, 0.717) is 5.02 Å². The predicted molar refractivity (Wildman–Crippen MR) is 78.0 cm³/mol. The zero-order valence-electron chi connectivity index (χ0n) is 11.5. The summed E-state index contributed by atoms with van der Waals surface area (Å²) >= 11 is 6.07.